The van der Waals surface area contributed by atoms with Crippen LogP contribution in [0.3, 0.4) is 0 Å². The van der Waals surface area contributed by atoms with Crippen molar-refractivity contribution in [3.8, 4) is 0 Å². The van der Waals surface area contributed by atoms with E-state index >= 15 is 0 Å². The molecule has 0 spiro atoms. The lowest BCUT2D eigenvalue weighted by atomic mass is 9.89. The summed E-state index contributed by atoms with van der Waals surface area (Å²) in [4.78, 5) is 0. The zero-order chi connectivity index (χ0) is 14.0. The summed E-state index contributed by atoms with van der Waals surface area (Å²) in [5.41, 5.74) is 0.277. The minimum absolute atomic E-state index is 0.277. The highest BCUT2D eigenvalue weighted by molar-refractivity contribution is 4.78. The molecule has 1 unspecified atom stereocenters. The highest BCUT2D eigenvalue weighted by Gasteiger charge is 2.17. The summed E-state index contributed by atoms with van der Waals surface area (Å²) >= 11 is 0. The third-order valence-electron chi connectivity index (χ3n) is 3.47. The van der Waals surface area contributed by atoms with Gasteiger partial charge in [-0.3, -0.25) is 0 Å². The predicted molar refractivity (Wildman–Crippen MR) is 83.1 cm³/mol. The van der Waals surface area contributed by atoms with Crippen LogP contribution in [0.25, 0.3) is 0 Å². The summed E-state index contributed by atoms with van der Waals surface area (Å²) in [7, 11) is 0. The lowest BCUT2D eigenvalue weighted by molar-refractivity contribution is 0.308. The van der Waals surface area contributed by atoms with Gasteiger partial charge in [0, 0.05) is 18.6 Å². The zero-order valence-electron chi connectivity index (χ0n) is 13.6. The second-order valence-corrected chi connectivity index (χ2v) is 6.83. The monoisotopic (exact) mass is 256 g/mol. The van der Waals surface area contributed by atoms with E-state index in [9.17, 15) is 0 Å². The van der Waals surface area contributed by atoms with Crippen LogP contribution in [0, 0.1) is 11.8 Å². The molecule has 0 saturated heterocycles. The van der Waals surface area contributed by atoms with Gasteiger partial charge in [0.15, 0.2) is 0 Å². The Hall–Kier alpha value is -0.0800. The smallest absolute Gasteiger partial charge is 0.0125 e. The second-order valence-electron chi connectivity index (χ2n) is 6.83. The Morgan fingerprint density at radius 1 is 1.00 bits per heavy atom. The lowest BCUT2D eigenvalue weighted by Crippen LogP contribution is -2.43. The standard InChI is InChI=1S/C16H36N2/c1-7-10-17-11-12-18-16(5,6)9-8-15(4)13-14(2)3/h14-15,17-18H,7-13H2,1-6H3. The van der Waals surface area contributed by atoms with Crippen LogP contribution in [0.4, 0.5) is 0 Å². The molecule has 0 aromatic carbocycles. The summed E-state index contributed by atoms with van der Waals surface area (Å²) in [6.07, 6.45) is 5.18. The number of nitrogens with one attached hydrogen (secondary N) is 2. The number of hydrogen-bond acceptors (Lipinski definition) is 2. The van der Waals surface area contributed by atoms with Crippen LogP contribution in [-0.4, -0.2) is 25.2 Å². The SMILES string of the molecule is CCCNCCNC(C)(C)CCC(C)CC(C)C. The molecular formula is C16H36N2. The first-order valence-electron chi connectivity index (χ1n) is 7.83. The molecule has 0 aliphatic heterocycles. The Bertz CT molecular complexity index is 188. The zero-order valence-corrected chi connectivity index (χ0v) is 13.6. The van der Waals surface area contributed by atoms with Crippen LogP contribution in [-0.2, 0) is 0 Å². The van der Waals surface area contributed by atoms with Gasteiger partial charge in [0.05, 0.1) is 0 Å². The van der Waals surface area contributed by atoms with E-state index in [-0.39, 0.29) is 5.54 Å². The van der Waals surface area contributed by atoms with Gasteiger partial charge in [-0.25, -0.2) is 0 Å². The van der Waals surface area contributed by atoms with E-state index in [0.717, 1.165) is 31.5 Å². The first-order chi connectivity index (χ1) is 8.37. The molecule has 0 saturated carbocycles. The van der Waals surface area contributed by atoms with Gasteiger partial charge in [-0.05, 0) is 57.9 Å². The van der Waals surface area contributed by atoms with Gasteiger partial charge >= 0.3 is 0 Å². The third-order valence-corrected chi connectivity index (χ3v) is 3.47. The van der Waals surface area contributed by atoms with Crippen LogP contribution < -0.4 is 10.6 Å². The van der Waals surface area contributed by atoms with Crippen molar-refractivity contribution in [2.24, 2.45) is 11.8 Å². The molecule has 110 valence electrons. The fourth-order valence-electron chi connectivity index (χ4n) is 2.41. The van der Waals surface area contributed by atoms with Gasteiger partial charge < -0.3 is 10.6 Å². The first-order valence-corrected chi connectivity index (χ1v) is 7.83. The van der Waals surface area contributed by atoms with Gasteiger partial charge in [0.2, 0.25) is 0 Å². The third kappa shape index (κ3) is 11.0. The molecule has 0 aliphatic carbocycles. The maximum atomic E-state index is 3.66. The molecule has 0 fully saturated rings. The Morgan fingerprint density at radius 2 is 1.67 bits per heavy atom. The van der Waals surface area contributed by atoms with E-state index < -0.39 is 0 Å². The molecule has 2 N–H and O–H groups in total. The van der Waals surface area contributed by atoms with Crippen LogP contribution in [0.1, 0.15) is 67.2 Å². The minimum atomic E-state index is 0.277. The molecule has 0 bridgehead atoms. The van der Waals surface area contributed by atoms with Crippen LogP contribution in [0.5, 0.6) is 0 Å². The molecule has 0 aromatic heterocycles. The molecular weight excluding hydrogens is 220 g/mol. The molecule has 2 nitrogen and oxygen atoms in total. The lowest BCUT2D eigenvalue weighted by Gasteiger charge is -2.28. The summed E-state index contributed by atoms with van der Waals surface area (Å²) < 4.78 is 0. The summed E-state index contributed by atoms with van der Waals surface area (Å²) in [5, 5.41) is 7.10. The van der Waals surface area contributed by atoms with Crippen molar-refractivity contribution < 1.29 is 0 Å². The molecule has 2 heteroatoms. The Kier molecular flexibility index (Phi) is 9.76. The summed E-state index contributed by atoms with van der Waals surface area (Å²) in [6.45, 7) is 17.2. The quantitative estimate of drug-likeness (QED) is 0.549. The molecule has 0 radical (unpaired) electrons. The van der Waals surface area contributed by atoms with Gasteiger partial charge in [-0.1, -0.05) is 27.7 Å². The van der Waals surface area contributed by atoms with Crippen molar-refractivity contribution in [2.45, 2.75) is 72.8 Å². The van der Waals surface area contributed by atoms with Gasteiger partial charge in [-0.15, -0.1) is 0 Å². The Morgan fingerprint density at radius 3 is 2.22 bits per heavy atom. The normalized spacial score (nSPS) is 14.2. The van der Waals surface area contributed by atoms with Crippen molar-refractivity contribution in [3.05, 3.63) is 0 Å². The molecule has 0 rings (SSSR count). The highest BCUT2D eigenvalue weighted by Crippen LogP contribution is 2.21. The van der Waals surface area contributed by atoms with Crippen molar-refractivity contribution in [2.75, 3.05) is 19.6 Å². The van der Waals surface area contributed by atoms with E-state index in [1.54, 1.807) is 0 Å². The van der Waals surface area contributed by atoms with E-state index in [1.165, 1.54) is 25.7 Å². The van der Waals surface area contributed by atoms with E-state index in [0.29, 0.717) is 0 Å². The van der Waals surface area contributed by atoms with Gasteiger partial charge in [0.25, 0.3) is 0 Å². The molecule has 1 atom stereocenters. The second kappa shape index (κ2) is 9.80. The van der Waals surface area contributed by atoms with Crippen molar-refractivity contribution in [3.63, 3.8) is 0 Å². The topological polar surface area (TPSA) is 24.1 Å². The largest absolute Gasteiger partial charge is 0.315 e. The first kappa shape index (κ1) is 17.9. The van der Waals surface area contributed by atoms with E-state index in [2.05, 4.69) is 52.2 Å². The maximum Gasteiger partial charge on any atom is 0.0125 e. The van der Waals surface area contributed by atoms with Gasteiger partial charge in [0.1, 0.15) is 0 Å². The Labute approximate surface area is 115 Å². The molecule has 18 heavy (non-hydrogen) atoms. The predicted octanol–water partition coefficient (Wildman–Crippen LogP) is 3.82. The van der Waals surface area contributed by atoms with Crippen LogP contribution in [0.2, 0.25) is 0 Å². The number of hydrogen-bond donors (Lipinski definition) is 2. The number of rotatable bonds is 11. The van der Waals surface area contributed by atoms with Crippen LogP contribution in [0.15, 0.2) is 0 Å². The fourth-order valence-corrected chi connectivity index (χ4v) is 2.41. The molecule has 0 aromatic rings. The van der Waals surface area contributed by atoms with Crippen molar-refractivity contribution in [1.82, 2.24) is 10.6 Å². The van der Waals surface area contributed by atoms with Crippen molar-refractivity contribution in [1.29, 1.82) is 0 Å². The van der Waals surface area contributed by atoms with E-state index in [4.69, 9.17) is 0 Å². The van der Waals surface area contributed by atoms with Gasteiger partial charge in [-0.2, -0.15) is 0 Å². The molecule has 0 amide bonds. The average molecular weight is 256 g/mol. The summed E-state index contributed by atoms with van der Waals surface area (Å²) in [5.74, 6) is 1.68. The average Bonchev–Trinajstić information content (AvgIpc) is 2.25. The molecule has 0 aliphatic rings. The molecule has 0 heterocycles. The minimum Gasteiger partial charge on any atom is -0.315 e. The van der Waals surface area contributed by atoms with Crippen LogP contribution >= 0.6 is 0 Å². The maximum absolute atomic E-state index is 3.66. The highest BCUT2D eigenvalue weighted by atomic mass is 15.0. The van der Waals surface area contributed by atoms with Crippen molar-refractivity contribution >= 4 is 0 Å². The van der Waals surface area contributed by atoms with E-state index in [1.807, 2.05) is 0 Å². The summed E-state index contributed by atoms with van der Waals surface area (Å²) in [6, 6.07) is 0. The Balaban J connectivity index is 3.65. The fraction of sp³-hybridized carbons (Fsp3) is 1.00.